The zero-order valence-corrected chi connectivity index (χ0v) is 13.8. The van der Waals surface area contributed by atoms with Crippen LogP contribution in [0.2, 0.25) is 0 Å². The van der Waals surface area contributed by atoms with E-state index in [1.54, 1.807) is 12.5 Å². The van der Waals surface area contributed by atoms with Gasteiger partial charge in [-0.15, -0.1) is 0 Å². The first-order chi connectivity index (χ1) is 11.0. The molecule has 0 amide bonds. The maximum Gasteiger partial charge on any atom is 0.128 e. The Bertz CT molecular complexity index is 804. The van der Waals surface area contributed by atoms with Crippen molar-refractivity contribution in [3.63, 3.8) is 0 Å². The Morgan fingerprint density at radius 3 is 2.52 bits per heavy atom. The molecule has 0 aliphatic rings. The Balaban J connectivity index is 2.01. The topological polar surface area (TPSA) is 38.1 Å². The lowest BCUT2D eigenvalue weighted by molar-refractivity contribution is 0.0927. The molecule has 3 rings (SSSR count). The van der Waals surface area contributed by atoms with Crippen molar-refractivity contribution in [3.8, 4) is 0 Å². The Kier molecular flexibility index (Phi) is 4.05. The second kappa shape index (κ2) is 6.01. The van der Waals surface area contributed by atoms with Gasteiger partial charge in [0.2, 0.25) is 0 Å². The summed E-state index contributed by atoms with van der Waals surface area (Å²) in [5.74, 6) is 0. The number of nitrogens with zero attached hydrogens (tertiary/aromatic N) is 2. The van der Waals surface area contributed by atoms with Crippen LogP contribution in [0.15, 0.2) is 61.1 Å². The van der Waals surface area contributed by atoms with Crippen molar-refractivity contribution in [1.29, 1.82) is 0 Å². The molecule has 3 nitrogen and oxygen atoms in total. The number of benzene rings is 2. The average Bonchev–Trinajstić information content (AvgIpc) is 3.00. The van der Waals surface area contributed by atoms with Gasteiger partial charge in [-0.25, -0.2) is 4.98 Å². The molecule has 1 heterocycles. The fraction of sp³-hybridized carbons (Fsp3) is 0.250. The first-order valence-electron chi connectivity index (χ1n) is 7.83. The summed E-state index contributed by atoms with van der Waals surface area (Å²) in [4.78, 5) is 4.27. The van der Waals surface area contributed by atoms with Crippen LogP contribution in [-0.4, -0.2) is 14.7 Å². The van der Waals surface area contributed by atoms with Gasteiger partial charge in [-0.1, -0.05) is 48.5 Å². The summed E-state index contributed by atoms with van der Waals surface area (Å²) in [6.07, 6.45) is 3.53. The molecule has 1 aromatic heterocycles. The lowest BCUT2D eigenvalue weighted by Gasteiger charge is -2.27. The van der Waals surface area contributed by atoms with Crippen LogP contribution < -0.4 is 0 Å². The van der Waals surface area contributed by atoms with Gasteiger partial charge in [0.25, 0.3) is 0 Å². The van der Waals surface area contributed by atoms with Crippen molar-refractivity contribution >= 4 is 0 Å². The van der Waals surface area contributed by atoms with Gasteiger partial charge in [0, 0.05) is 6.54 Å². The monoisotopic (exact) mass is 306 g/mol. The minimum absolute atomic E-state index is 0.692. The number of imidazole rings is 1. The lowest BCUT2D eigenvalue weighted by atomic mass is 9.87. The van der Waals surface area contributed by atoms with Crippen molar-refractivity contribution in [2.75, 3.05) is 0 Å². The van der Waals surface area contributed by atoms with E-state index >= 15 is 0 Å². The highest BCUT2D eigenvalue weighted by Crippen LogP contribution is 2.32. The van der Waals surface area contributed by atoms with Gasteiger partial charge in [-0.3, -0.25) is 0 Å². The van der Waals surface area contributed by atoms with Gasteiger partial charge < -0.3 is 9.67 Å². The molecule has 0 saturated heterocycles. The van der Waals surface area contributed by atoms with Gasteiger partial charge in [-0.05, 0) is 43.0 Å². The van der Waals surface area contributed by atoms with Crippen LogP contribution in [0.5, 0.6) is 0 Å². The van der Waals surface area contributed by atoms with Crippen LogP contribution in [-0.2, 0) is 12.1 Å². The van der Waals surface area contributed by atoms with Crippen molar-refractivity contribution in [1.82, 2.24) is 9.55 Å². The second-order valence-electron chi connectivity index (χ2n) is 6.21. The van der Waals surface area contributed by atoms with Crippen LogP contribution in [0, 0.1) is 13.8 Å². The van der Waals surface area contributed by atoms with E-state index < -0.39 is 5.60 Å². The summed E-state index contributed by atoms with van der Waals surface area (Å²) in [6.45, 7) is 6.65. The van der Waals surface area contributed by atoms with E-state index in [-0.39, 0.29) is 0 Å². The zero-order chi connectivity index (χ0) is 16.4. The van der Waals surface area contributed by atoms with Crippen LogP contribution in [0.1, 0.15) is 34.9 Å². The Hall–Kier alpha value is -2.39. The van der Waals surface area contributed by atoms with E-state index in [1.807, 2.05) is 41.8 Å². The average molecular weight is 306 g/mol. The Morgan fingerprint density at radius 1 is 1.04 bits per heavy atom. The predicted molar refractivity (Wildman–Crippen MR) is 92.4 cm³/mol. The zero-order valence-electron chi connectivity index (χ0n) is 13.8. The van der Waals surface area contributed by atoms with Crippen molar-refractivity contribution < 1.29 is 5.11 Å². The summed E-state index contributed by atoms with van der Waals surface area (Å²) >= 11 is 0. The molecule has 23 heavy (non-hydrogen) atoms. The van der Waals surface area contributed by atoms with Crippen LogP contribution in [0.4, 0.5) is 0 Å². The summed E-state index contributed by atoms with van der Waals surface area (Å²) in [5.41, 5.74) is 4.12. The second-order valence-corrected chi connectivity index (χ2v) is 6.21. The summed E-state index contributed by atoms with van der Waals surface area (Å²) in [7, 11) is 0. The predicted octanol–water partition coefficient (Wildman–Crippen LogP) is 3.80. The number of rotatable bonds is 4. The van der Waals surface area contributed by atoms with Crippen LogP contribution in [0.25, 0.3) is 0 Å². The molecule has 3 heteroatoms. The first kappa shape index (κ1) is 15.5. The van der Waals surface area contributed by atoms with Crippen molar-refractivity contribution in [2.24, 2.45) is 0 Å². The fourth-order valence-corrected chi connectivity index (χ4v) is 3.05. The smallest absolute Gasteiger partial charge is 0.128 e. The van der Waals surface area contributed by atoms with E-state index in [0.717, 1.165) is 16.8 Å². The highest BCUT2D eigenvalue weighted by molar-refractivity contribution is 5.41. The molecule has 0 aliphatic heterocycles. The molecule has 0 aliphatic carbocycles. The van der Waals surface area contributed by atoms with E-state index in [2.05, 4.69) is 37.0 Å². The molecule has 0 radical (unpaired) electrons. The van der Waals surface area contributed by atoms with Gasteiger partial charge in [-0.2, -0.15) is 0 Å². The first-order valence-corrected chi connectivity index (χ1v) is 7.83. The molecular weight excluding hydrogens is 284 g/mol. The standard InChI is InChI=1S/C20H22N2O/c1-15-8-7-11-18(16(15)2)20(3,23)19-12-21-14-22(19)13-17-9-5-4-6-10-17/h4-12,14,23H,13H2,1-3H3. The third-order valence-electron chi connectivity index (χ3n) is 4.54. The molecular formula is C20H22N2O. The number of aromatic nitrogens is 2. The molecule has 0 saturated carbocycles. The molecule has 118 valence electrons. The molecule has 1 N–H and O–H groups in total. The molecule has 1 atom stereocenters. The van der Waals surface area contributed by atoms with Gasteiger partial charge in [0.1, 0.15) is 5.60 Å². The van der Waals surface area contributed by atoms with Crippen LogP contribution in [0.3, 0.4) is 0 Å². The number of hydrogen-bond acceptors (Lipinski definition) is 2. The SMILES string of the molecule is Cc1cccc(C(C)(O)c2cncn2Cc2ccccc2)c1C. The van der Waals surface area contributed by atoms with E-state index in [4.69, 9.17) is 0 Å². The normalized spacial score (nSPS) is 13.7. The number of hydrogen-bond donors (Lipinski definition) is 1. The highest BCUT2D eigenvalue weighted by Gasteiger charge is 2.31. The van der Waals surface area contributed by atoms with Crippen molar-refractivity contribution in [2.45, 2.75) is 32.9 Å². The maximum atomic E-state index is 11.2. The minimum atomic E-state index is -1.08. The third kappa shape index (κ3) is 2.92. The molecule has 0 spiro atoms. The van der Waals surface area contributed by atoms with E-state index in [0.29, 0.717) is 6.54 Å². The van der Waals surface area contributed by atoms with Crippen LogP contribution >= 0.6 is 0 Å². The maximum absolute atomic E-state index is 11.2. The van der Waals surface area contributed by atoms with E-state index in [1.165, 1.54) is 11.1 Å². The van der Waals surface area contributed by atoms with Crippen molar-refractivity contribution in [3.05, 3.63) is 89.0 Å². The Morgan fingerprint density at radius 2 is 1.78 bits per heavy atom. The highest BCUT2D eigenvalue weighted by atomic mass is 16.3. The molecule has 3 aromatic rings. The third-order valence-corrected chi connectivity index (χ3v) is 4.54. The lowest BCUT2D eigenvalue weighted by Crippen LogP contribution is -2.27. The molecule has 0 fully saturated rings. The minimum Gasteiger partial charge on any atom is -0.379 e. The fourth-order valence-electron chi connectivity index (χ4n) is 3.05. The molecule has 1 unspecified atom stereocenters. The number of aliphatic hydroxyl groups is 1. The van der Waals surface area contributed by atoms with Gasteiger partial charge in [0.05, 0.1) is 18.2 Å². The Labute approximate surface area is 137 Å². The van der Waals surface area contributed by atoms with Gasteiger partial charge >= 0.3 is 0 Å². The summed E-state index contributed by atoms with van der Waals surface area (Å²) < 4.78 is 2.01. The van der Waals surface area contributed by atoms with E-state index in [9.17, 15) is 5.11 Å². The summed E-state index contributed by atoms with van der Waals surface area (Å²) in [5, 5.41) is 11.2. The van der Waals surface area contributed by atoms with Gasteiger partial charge in [0.15, 0.2) is 0 Å². The molecule has 2 aromatic carbocycles. The summed E-state index contributed by atoms with van der Waals surface area (Å²) in [6, 6.07) is 16.3. The number of aryl methyl sites for hydroxylation is 1. The largest absolute Gasteiger partial charge is 0.379 e. The molecule has 0 bridgehead atoms. The quantitative estimate of drug-likeness (QED) is 0.796.